The summed E-state index contributed by atoms with van der Waals surface area (Å²) in [6.07, 6.45) is 4.73. The average Bonchev–Trinajstić information content (AvgIpc) is 3.38. The molecule has 0 aliphatic carbocycles. The van der Waals surface area contributed by atoms with E-state index in [0.717, 1.165) is 73.0 Å². The van der Waals surface area contributed by atoms with Gasteiger partial charge in [-0.1, -0.05) is 0 Å². The number of rotatable bonds is 6. The van der Waals surface area contributed by atoms with Crippen molar-refractivity contribution in [1.82, 2.24) is 24.2 Å². The van der Waals surface area contributed by atoms with Crippen molar-refractivity contribution < 1.29 is 9.53 Å². The van der Waals surface area contributed by atoms with Crippen LogP contribution in [0.15, 0.2) is 36.7 Å². The zero-order chi connectivity index (χ0) is 22.0. The molecule has 4 rings (SSSR count). The molecular formula is C24H31N5O2. The van der Waals surface area contributed by atoms with Crippen LogP contribution in [0.1, 0.15) is 41.6 Å². The van der Waals surface area contributed by atoms with E-state index >= 15 is 0 Å². The van der Waals surface area contributed by atoms with Gasteiger partial charge in [-0.15, -0.1) is 10.2 Å². The Hall–Kier alpha value is -3.09. The summed E-state index contributed by atoms with van der Waals surface area (Å²) in [7, 11) is 3.68. The number of hydrogen-bond donors (Lipinski definition) is 0. The van der Waals surface area contributed by atoms with E-state index < -0.39 is 0 Å². The Morgan fingerprint density at radius 2 is 1.90 bits per heavy atom. The molecule has 1 fully saturated rings. The molecule has 7 nitrogen and oxygen atoms in total. The first-order valence-electron chi connectivity index (χ1n) is 11.0. The highest BCUT2D eigenvalue weighted by Gasteiger charge is 2.27. The number of hydrogen-bond acceptors (Lipinski definition) is 4. The highest BCUT2D eigenvalue weighted by molar-refractivity contribution is 5.97. The van der Waals surface area contributed by atoms with E-state index in [9.17, 15) is 4.79 Å². The first kappa shape index (κ1) is 21.2. The molecule has 1 aliphatic heterocycles. The SMILES string of the molecule is CCn1cnnc1CC1CCN(C(=O)c2cc(-c3ccc(OC)cc3)n(C)c2C)CC1. The van der Waals surface area contributed by atoms with Gasteiger partial charge in [-0.25, -0.2) is 0 Å². The smallest absolute Gasteiger partial charge is 0.255 e. The summed E-state index contributed by atoms with van der Waals surface area (Å²) in [6.45, 7) is 6.59. The third-order valence-corrected chi connectivity index (χ3v) is 6.56. The van der Waals surface area contributed by atoms with Crippen LogP contribution < -0.4 is 4.74 Å². The van der Waals surface area contributed by atoms with E-state index in [1.54, 1.807) is 13.4 Å². The lowest BCUT2D eigenvalue weighted by atomic mass is 9.93. The van der Waals surface area contributed by atoms with Gasteiger partial charge in [0.15, 0.2) is 0 Å². The molecule has 7 heteroatoms. The lowest BCUT2D eigenvalue weighted by Crippen LogP contribution is -2.39. The summed E-state index contributed by atoms with van der Waals surface area (Å²) in [5.74, 6) is 2.55. The quantitative estimate of drug-likeness (QED) is 0.609. The summed E-state index contributed by atoms with van der Waals surface area (Å²) in [4.78, 5) is 15.3. The number of nitrogens with zero attached hydrogens (tertiary/aromatic N) is 5. The first-order valence-corrected chi connectivity index (χ1v) is 11.0. The molecule has 31 heavy (non-hydrogen) atoms. The minimum atomic E-state index is 0.128. The van der Waals surface area contributed by atoms with Gasteiger partial charge < -0.3 is 18.8 Å². The molecule has 0 atom stereocenters. The Labute approximate surface area is 183 Å². The van der Waals surface area contributed by atoms with Crippen LogP contribution in [0.25, 0.3) is 11.3 Å². The molecule has 0 radical (unpaired) electrons. The van der Waals surface area contributed by atoms with Gasteiger partial charge in [-0.3, -0.25) is 4.79 Å². The maximum Gasteiger partial charge on any atom is 0.255 e. The van der Waals surface area contributed by atoms with Crippen LogP contribution in [-0.2, 0) is 20.0 Å². The molecule has 0 N–H and O–H groups in total. The van der Waals surface area contributed by atoms with Crippen molar-refractivity contribution in [3.8, 4) is 17.0 Å². The molecule has 0 spiro atoms. The summed E-state index contributed by atoms with van der Waals surface area (Å²) in [6, 6.07) is 9.98. The van der Waals surface area contributed by atoms with Crippen molar-refractivity contribution in [1.29, 1.82) is 0 Å². The number of carbonyl (C=O) groups is 1. The molecule has 1 saturated heterocycles. The molecule has 0 unspecified atom stereocenters. The number of aromatic nitrogens is 4. The Bertz CT molecular complexity index is 1040. The molecule has 1 amide bonds. The number of amides is 1. The second kappa shape index (κ2) is 8.96. The zero-order valence-electron chi connectivity index (χ0n) is 18.8. The highest BCUT2D eigenvalue weighted by atomic mass is 16.5. The Kier molecular flexibility index (Phi) is 6.11. The standard InChI is InChI=1S/C24H31N5O2/c1-5-28-16-25-26-23(28)14-18-10-12-29(13-11-18)24(30)21-15-22(27(3)17(21)2)19-6-8-20(31-4)9-7-19/h6-9,15-16,18H,5,10-14H2,1-4H3. The van der Waals surface area contributed by atoms with Crippen LogP contribution in [0.2, 0.25) is 0 Å². The third kappa shape index (κ3) is 4.22. The second-order valence-electron chi connectivity index (χ2n) is 8.29. The fourth-order valence-electron chi connectivity index (χ4n) is 4.42. The Morgan fingerprint density at radius 1 is 1.19 bits per heavy atom. The van der Waals surface area contributed by atoms with E-state index in [1.165, 1.54) is 0 Å². The van der Waals surface area contributed by atoms with Gasteiger partial charge in [0.2, 0.25) is 0 Å². The summed E-state index contributed by atoms with van der Waals surface area (Å²) < 4.78 is 9.46. The molecule has 0 bridgehead atoms. The monoisotopic (exact) mass is 421 g/mol. The normalized spacial score (nSPS) is 14.8. The van der Waals surface area contributed by atoms with Crippen molar-refractivity contribution in [2.45, 2.75) is 39.7 Å². The van der Waals surface area contributed by atoms with Gasteiger partial charge >= 0.3 is 0 Å². The molecule has 2 aromatic heterocycles. The van der Waals surface area contributed by atoms with Crippen LogP contribution in [0.5, 0.6) is 5.75 Å². The fraction of sp³-hybridized carbons (Fsp3) is 0.458. The molecule has 1 aliphatic rings. The maximum atomic E-state index is 13.3. The van der Waals surface area contributed by atoms with E-state index in [-0.39, 0.29) is 5.91 Å². The number of ether oxygens (including phenoxy) is 1. The number of aryl methyl sites for hydroxylation is 1. The number of methoxy groups -OCH3 is 1. The minimum Gasteiger partial charge on any atom is -0.497 e. The fourth-order valence-corrected chi connectivity index (χ4v) is 4.42. The van der Waals surface area contributed by atoms with Crippen LogP contribution in [0.4, 0.5) is 0 Å². The third-order valence-electron chi connectivity index (χ3n) is 6.56. The van der Waals surface area contributed by atoms with Crippen LogP contribution >= 0.6 is 0 Å². The summed E-state index contributed by atoms with van der Waals surface area (Å²) >= 11 is 0. The zero-order valence-corrected chi connectivity index (χ0v) is 18.8. The average molecular weight is 422 g/mol. The Balaban J connectivity index is 1.44. The van der Waals surface area contributed by atoms with Crippen LogP contribution in [-0.4, -0.2) is 50.3 Å². The number of piperidine rings is 1. The molecule has 0 saturated carbocycles. The van der Waals surface area contributed by atoms with Crippen molar-refractivity contribution in [3.05, 3.63) is 53.7 Å². The maximum absolute atomic E-state index is 13.3. The topological polar surface area (TPSA) is 65.2 Å². The van der Waals surface area contributed by atoms with Gasteiger partial charge in [-0.05, 0) is 68.5 Å². The van der Waals surface area contributed by atoms with Crippen LogP contribution in [0.3, 0.4) is 0 Å². The van der Waals surface area contributed by atoms with Crippen molar-refractivity contribution in [2.24, 2.45) is 13.0 Å². The second-order valence-corrected chi connectivity index (χ2v) is 8.29. The van der Waals surface area contributed by atoms with Crippen LogP contribution in [0, 0.1) is 12.8 Å². The van der Waals surface area contributed by atoms with Crippen molar-refractivity contribution in [2.75, 3.05) is 20.2 Å². The predicted octanol–water partition coefficient (Wildman–Crippen LogP) is 3.72. The molecule has 3 aromatic rings. The summed E-state index contributed by atoms with van der Waals surface area (Å²) in [5, 5.41) is 8.30. The molecular weight excluding hydrogens is 390 g/mol. The summed E-state index contributed by atoms with van der Waals surface area (Å²) in [5.41, 5.74) is 3.90. The van der Waals surface area contributed by atoms with Gasteiger partial charge in [0.25, 0.3) is 5.91 Å². The number of carbonyl (C=O) groups excluding carboxylic acids is 1. The highest BCUT2D eigenvalue weighted by Crippen LogP contribution is 2.29. The van der Waals surface area contributed by atoms with Gasteiger partial charge in [0.05, 0.1) is 12.7 Å². The Morgan fingerprint density at radius 3 is 2.55 bits per heavy atom. The van der Waals surface area contributed by atoms with E-state index in [0.29, 0.717) is 5.92 Å². The van der Waals surface area contributed by atoms with Crippen molar-refractivity contribution >= 4 is 5.91 Å². The molecule has 3 heterocycles. The first-order chi connectivity index (χ1) is 15.0. The lowest BCUT2D eigenvalue weighted by molar-refractivity contribution is 0.0688. The number of likely N-dealkylation sites (tertiary alicyclic amines) is 1. The van der Waals surface area contributed by atoms with Gasteiger partial charge in [0, 0.05) is 44.5 Å². The predicted molar refractivity (Wildman–Crippen MR) is 120 cm³/mol. The van der Waals surface area contributed by atoms with E-state index in [4.69, 9.17) is 4.74 Å². The molecule has 1 aromatic carbocycles. The van der Waals surface area contributed by atoms with Crippen molar-refractivity contribution in [3.63, 3.8) is 0 Å². The van der Waals surface area contributed by atoms with E-state index in [1.807, 2.05) is 49.2 Å². The largest absolute Gasteiger partial charge is 0.497 e. The number of benzene rings is 1. The van der Waals surface area contributed by atoms with Gasteiger partial charge in [-0.2, -0.15) is 0 Å². The van der Waals surface area contributed by atoms with E-state index in [2.05, 4.69) is 26.3 Å². The minimum absolute atomic E-state index is 0.128. The lowest BCUT2D eigenvalue weighted by Gasteiger charge is -2.32. The van der Waals surface area contributed by atoms with Gasteiger partial charge in [0.1, 0.15) is 17.9 Å². The molecule has 164 valence electrons.